The summed E-state index contributed by atoms with van der Waals surface area (Å²) in [4.78, 5) is 10.1. The molecule has 104 valence electrons. The van der Waals surface area contributed by atoms with E-state index in [1.165, 1.54) is 12.1 Å². The number of hydrogen-bond acceptors (Lipinski definition) is 4. The lowest BCUT2D eigenvalue weighted by Crippen LogP contribution is -1.98. The number of phenolic OH excluding ortho intramolecular Hbond substituents is 1. The molecule has 6 heteroatoms. The molecule has 0 aromatic heterocycles. The van der Waals surface area contributed by atoms with Crippen LogP contribution in [0.5, 0.6) is 11.5 Å². The predicted octanol–water partition coefficient (Wildman–Crippen LogP) is 3.84. The van der Waals surface area contributed by atoms with Gasteiger partial charge in [-0.2, -0.15) is 0 Å². The van der Waals surface area contributed by atoms with Crippen LogP contribution in [-0.4, -0.2) is 10.0 Å². The van der Waals surface area contributed by atoms with Crippen molar-refractivity contribution in [1.82, 2.24) is 0 Å². The lowest BCUT2D eigenvalue weighted by molar-refractivity contribution is -0.384. The molecule has 0 saturated heterocycles. The SMILES string of the molecule is Cc1c(O)cccc1OCc1ccc([N+](=O)[O-])cc1Cl. The van der Waals surface area contributed by atoms with Gasteiger partial charge in [-0.25, -0.2) is 0 Å². The first kappa shape index (κ1) is 14.1. The summed E-state index contributed by atoms with van der Waals surface area (Å²) in [5, 5.41) is 20.5. The van der Waals surface area contributed by atoms with Crippen LogP contribution < -0.4 is 4.74 Å². The topological polar surface area (TPSA) is 72.6 Å². The number of nitro benzene ring substituents is 1. The van der Waals surface area contributed by atoms with Gasteiger partial charge in [-0.05, 0) is 25.1 Å². The summed E-state index contributed by atoms with van der Waals surface area (Å²) in [5.41, 5.74) is 1.21. The summed E-state index contributed by atoms with van der Waals surface area (Å²) < 4.78 is 5.57. The zero-order chi connectivity index (χ0) is 14.7. The minimum atomic E-state index is -0.504. The first-order chi connectivity index (χ1) is 9.49. The average molecular weight is 294 g/mol. The fourth-order valence-electron chi connectivity index (χ4n) is 1.68. The van der Waals surface area contributed by atoms with Crippen LogP contribution in [0.3, 0.4) is 0 Å². The number of hydrogen-bond donors (Lipinski definition) is 1. The van der Waals surface area contributed by atoms with Crippen molar-refractivity contribution in [2.45, 2.75) is 13.5 Å². The molecule has 5 nitrogen and oxygen atoms in total. The normalized spacial score (nSPS) is 10.3. The Morgan fingerprint density at radius 2 is 2.10 bits per heavy atom. The van der Waals surface area contributed by atoms with Crippen LogP contribution in [0.1, 0.15) is 11.1 Å². The Morgan fingerprint density at radius 3 is 2.75 bits per heavy atom. The Balaban J connectivity index is 2.15. The molecule has 0 aliphatic rings. The zero-order valence-corrected chi connectivity index (χ0v) is 11.4. The Bertz CT molecular complexity index is 658. The standard InChI is InChI=1S/C14H12ClNO4/c1-9-13(17)3-2-4-14(9)20-8-10-5-6-11(16(18)19)7-12(10)15/h2-7,17H,8H2,1H3. The predicted molar refractivity (Wildman–Crippen MR) is 75.3 cm³/mol. The fraction of sp³-hybridized carbons (Fsp3) is 0.143. The van der Waals surface area contributed by atoms with Gasteiger partial charge in [-0.15, -0.1) is 0 Å². The molecule has 0 atom stereocenters. The van der Waals surface area contributed by atoms with E-state index in [-0.39, 0.29) is 23.1 Å². The molecule has 0 aliphatic carbocycles. The molecule has 2 rings (SSSR count). The van der Waals surface area contributed by atoms with Crippen LogP contribution in [0.2, 0.25) is 5.02 Å². The van der Waals surface area contributed by atoms with Crippen LogP contribution in [0, 0.1) is 17.0 Å². The molecule has 0 aliphatic heterocycles. The summed E-state index contributed by atoms with van der Waals surface area (Å²) in [5.74, 6) is 0.691. The van der Waals surface area contributed by atoms with Gasteiger partial charge in [0.2, 0.25) is 0 Å². The van der Waals surface area contributed by atoms with Crippen molar-refractivity contribution in [3.8, 4) is 11.5 Å². The number of rotatable bonds is 4. The third-order valence-corrected chi connectivity index (χ3v) is 3.24. The molecule has 0 unspecified atom stereocenters. The van der Waals surface area contributed by atoms with Crippen molar-refractivity contribution < 1.29 is 14.8 Å². The molecule has 1 N–H and O–H groups in total. The number of nitro groups is 1. The van der Waals surface area contributed by atoms with Gasteiger partial charge < -0.3 is 9.84 Å². The molecule has 2 aromatic rings. The fourth-order valence-corrected chi connectivity index (χ4v) is 1.91. The molecule has 0 radical (unpaired) electrons. The first-order valence-electron chi connectivity index (χ1n) is 5.83. The number of nitrogens with zero attached hydrogens (tertiary/aromatic N) is 1. The number of halogens is 1. The number of phenols is 1. The van der Waals surface area contributed by atoms with E-state index < -0.39 is 4.92 Å². The summed E-state index contributed by atoms with van der Waals surface area (Å²) in [6.07, 6.45) is 0. The van der Waals surface area contributed by atoms with E-state index >= 15 is 0 Å². The van der Waals surface area contributed by atoms with Crippen LogP contribution in [0.25, 0.3) is 0 Å². The van der Waals surface area contributed by atoms with Crippen molar-refractivity contribution in [1.29, 1.82) is 0 Å². The van der Waals surface area contributed by atoms with Crippen molar-refractivity contribution in [3.05, 3.63) is 62.7 Å². The highest BCUT2D eigenvalue weighted by Crippen LogP contribution is 2.28. The molecule has 0 heterocycles. The van der Waals surface area contributed by atoms with E-state index in [2.05, 4.69) is 0 Å². The molecule has 0 fully saturated rings. The Morgan fingerprint density at radius 1 is 1.35 bits per heavy atom. The number of benzene rings is 2. The highest BCUT2D eigenvalue weighted by Gasteiger charge is 2.10. The molecule has 0 saturated carbocycles. The number of ether oxygens (including phenoxy) is 1. The zero-order valence-electron chi connectivity index (χ0n) is 10.7. The van der Waals surface area contributed by atoms with E-state index in [1.807, 2.05) is 0 Å². The van der Waals surface area contributed by atoms with Crippen LogP contribution in [0.15, 0.2) is 36.4 Å². The first-order valence-corrected chi connectivity index (χ1v) is 6.21. The summed E-state index contributed by atoms with van der Waals surface area (Å²) in [7, 11) is 0. The Kier molecular flexibility index (Phi) is 4.10. The van der Waals surface area contributed by atoms with Crippen LogP contribution >= 0.6 is 11.6 Å². The third-order valence-electron chi connectivity index (χ3n) is 2.89. The van der Waals surface area contributed by atoms with Gasteiger partial charge in [0.25, 0.3) is 5.69 Å². The monoisotopic (exact) mass is 293 g/mol. The highest BCUT2D eigenvalue weighted by atomic mass is 35.5. The van der Waals surface area contributed by atoms with E-state index in [0.717, 1.165) is 0 Å². The second-order valence-corrected chi connectivity index (χ2v) is 4.63. The highest BCUT2D eigenvalue weighted by molar-refractivity contribution is 6.31. The second-order valence-electron chi connectivity index (χ2n) is 4.22. The van der Waals surface area contributed by atoms with Gasteiger partial charge in [0.1, 0.15) is 18.1 Å². The number of non-ortho nitro benzene ring substituents is 1. The van der Waals surface area contributed by atoms with Crippen molar-refractivity contribution >= 4 is 17.3 Å². The third kappa shape index (κ3) is 3.00. The largest absolute Gasteiger partial charge is 0.508 e. The van der Waals surface area contributed by atoms with Gasteiger partial charge in [0.15, 0.2) is 0 Å². The molecular weight excluding hydrogens is 282 g/mol. The van der Waals surface area contributed by atoms with Gasteiger partial charge in [0.05, 0.1) is 9.95 Å². The number of aromatic hydroxyl groups is 1. The van der Waals surface area contributed by atoms with E-state index in [4.69, 9.17) is 16.3 Å². The van der Waals surface area contributed by atoms with E-state index in [0.29, 0.717) is 16.9 Å². The van der Waals surface area contributed by atoms with Gasteiger partial charge >= 0.3 is 0 Å². The average Bonchev–Trinajstić information content (AvgIpc) is 2.41. The van der Waals surface area contributed by atoms with E-state index in [1.54, 1.807) is 31.2 Å². The van der Waals surface area contributed by atoms with Gasteiger partial charge in [0, 0.05) is 23.3 Å². The molecule has 20 heavy (non-hydrogen) atoms. The Labute approximate surface area is 120 Å². The van der Waals surface area contributed by atoms with Gasteiger partial charge in [-0.3, -0.25) is 10.1 Å². The van der Waals surface area contributed by atoms with Crippen LogP contribution in [-0.2, 0) is 6.61 Å². The van der Waals surface area contributed by atoms with Crippen molar-refractivity contribution in [3.63, 3.8) is 0 Å². The molecular formula is C14H12ClNO4. The maximum Gasteiger partial charge on any atom is 0.270 e. The lowest BCUT2D eigenvalue weighted by atomic mass is 10.2. The quantitative estimate of drug-likeness (QED) is 0.686. The summed E-state index contributed by atoms with van der Waals surface area (Å²) in [6.45, 7) is 1.91. The smallest absolute Gasteiger partial charge is 0.270 e. The van der Waals surface area contributed by atoms with Crippen molar-refractivity contribution in [2.24, 2.45) is 0 Å². The molecule has 2 aromatic carbocycles. The maximum atomic E-state index is 10.6. The molecule has 0 amide bonds. The summed E-state index contributed by atoms with van der Waals surface area (Å²) in [6, 6.07) is 9.19. The lowest BCUT2D eigenvalue weighted by Gasteiger charge is -2.11. The summed E-state index contributed by atoms with van der Waals surface area (Å²) >= 11 is 5.98. The Hall–Kier alpha value is -2.27. The molecule has 0 spiro atoms. The maximum absolute atomic E-state index is 10.6. The van der Waals surface area contributed by atoms with E-state index in [9.17, 15) is 15.2 Å². The minimum Gasteiger partial charge on any atom is -0.508 e. The minimum absolute atomic E-state index is 0.0627. The van der Waals surface area contributed by atoms with Crippen molar-refractivity contribution in [2.75, 3.05) is 0 Å². The molecule has 0 bridgehead atoms. The van der Waals surface area contributed by atoms with Gasteiger partial charge in [-0.1, -0.05) is 17.7 Å². The van der Waals surface area contributed by atoms with Crippen LogP contribution in [0.4, 0.5) is 5.69 Å². The second kappa shape index (κ2) is 5.79.